The lowest BCUT2D eigenvalue weighted by molar-refractivity contribution is -0.870. The average molecular weight is 922 g/mol. The Morgan fingerprint density at radius 3 is 1.89 bits per heavy atom. The van der Waals surface area contributed by atoms with E-state index in [4.69, 9.17) is 22.9 Å². The summed E-state index contributed by atoms with van der Waals surface area (Å²) in [6, 6.07) is 0. The Bertz CT molecular complexity index is 1610. The van der Waals surface area contributed by atoms with Crippen LogP contribution < -0.4 is 4.89 Å². The lowest BCUT2D eigenvalue weighted by atomic mass is 10.0. The fraction of sp³-hybridized carbons (Fsp3) is 0.680. The topological polar surface area (TPSA) is 185 Å². The van der Waals surface area contributed by atoms with E-state index in [-0.39, 0.29) is 32.3 Å². The molecule has 0 radical (unpaired) electrons. The largest absolute Gasteiger partial charge is 0.756 e. The fourth-order valence-electron chi connectivity index (χ4n) is 6.47. The lowest BCUT2D eigenvalue weighted by Gasteiger charge is -2.28. The van der Waals surface area contributed by atoms with Crippen LogP contribution in [0.2, 0.25) is 0 Å². The molecule has 5 atom stereocenters. The maximum Gasteiger partial charge on any atom is 0.306 e. The van der Waals surface area contributed by atoms with E-state index >= 15 is 0 Å². The molecule has 0 fully saturated rings. The van der Waals surface area contributed by atoms with Crippen molar-refractivity contribution in [2.45, 2.75) is 174 Å². The Hall–Kier alpha value is -3.13. The number of carbonyl (C=O) groups excluding carboxylic acids is 2. The van der Waals surface area contributed by atoms with Gasteiger partial charge in [-0.3, -0.25) is 14.2 Å². The number of likely N-dealkylation sites (N-methyl/N-ethyl adjacent to an activating group) is 1. The molecule has 13 nitrogen and oxygen atoms in total. The summed E-state index contributed by atoms with van der Waals surface area (Å²) in [7, 11) is 0.917. The number of nitrogens with zero attached hydrogens (tertiary/aromatic N) is 1. The number of aliphatic hydroxyl groups is 3. The summed E-state index contributed by atoms with van der Waals surface area (Å²) in [5.74, 6) is 1.10. The number of quaternary nitrogens is 1. The Morgan fingerprint density at radius 2 is 1.28 bits per heavy atom. The number of ether oxygens (including phenoxy) is 2. The van der Waals surface area contributed by atoms with Crippen molar-refractivity contribution in [2.24, 2.45) is 0 Å². The summed E-state index contributed by atoms with van der Waals surface area (Å²) in [5, 5.41) is 30.6. The van der Waals surface area contributed by atoms with E-state index in [0.29, 0.717) is 23.9 Å². The molecule has 1 aromatic rings. The number of aliphatic hydroxyl groups excluding tert-OH is 3. The van der Waals surface area contributed by atoms with Gasteiger partial charge in [0, 0.05) is 25.7 Å². The van der Waals surface area contributed by atoms with E-state index in [1.54, 1.807) is 42.5 Å². The maximum atomic E-state index is 12.8. The first-order valence-electron chi connectivity index (χ1n) is 23.7. The first-order chi connectivity index (χ1) is 30.5. The summed E-state index contributed by atoms with van der Waals surface area (Å²) in [5.41, 5.74) is 2.61. The number of phosphoric ester groups is 1. The first kappa shape index (κ1) is 58.9. The van der Waals surface area contributed by atoms with E-state index < -0.39 is 57.4 Å². The molecule has 1 rings (SSSR count). The minimum Gasteiger partial charge on any atom is -0.756 e. The molecule has 1 aromatic heterocycles. The van der Waals surface area contributed by atoms with Crippen LogP contribution in [-0.2, 0) is 45.5 Å². The molecule has 0 aliphatic rings. The van der Waals surface area contributed by atoms with Crippen LogP contribution in [0.25, 0.3) is 0 Å². The third kappa shape index (κ3) is 30.9. The van der Waals surface area contributed by atoms with Gasteiger partial charge < -0.3 is 47.6 Å². The van der Waals surface area contributed by atoms with Gasteiger partial charge in [0.1, 0.15) is 31.3 Å². The van der Waals surface area contributed by atoms with Gasteiger partial charge in [0.2, 0.25) is 0 Å². The van der Waals surface area contributed by atoms with E-state index in [1.165, 1.54) is 36.5 Å². The molecule has 0 saturated heterocycles. The minimum atomic E-state index is -4.74. The fourth-order valence-corrected chi connectivity index (χ4v) is 7.20. The third-order valence-electron chi connectivity index (χ3n) is 10.6. The second-order valence-electron chi connectivity index (χ2n) is 17.5. The SMILES string of the molecule is CC/C=C\C[C@H](O)/C=C/C=C/C=C\C=C/[C@@H](O)[C@H](O)CCCC(=O)O[C@H](COC(=O)CCCCCCCCCCc1oc(CCCCC)c(C)c1C)COP(=O)([O-])OCC[N+](C)(C)C. The van der Waals surface area contributed by atoms with Crippen molar-refractivity contribution in [2.75, 3.05) is 47.5 Å². The number of esters is 2. The zero-order valence-corrected chi connectivity index (χ0v) is 41.2. The van der Waals surface area contributed by atoms with Gasteiger partial charge in [-0.15, -0.1) is 0 Å². The Balaban J connectivity index is 2.48. The van der Waals surface area contributed by atoms with Crippen LogP contribution in [0, 0.1) is 13.8 Å². The van der Waals surface area contributed by atoms with Crippen LogP contribution in [-0.4, -0.2) is 104 Å². The maximum absolute atomic E-state index is 12.8. The number of phosphoric acid groups is 1. The van der Waals surface area contributed by atoms with Gasteiger partial charge in [0.15, 0.2) is 6.10 Å². The zero-order chi connectivity index (χ0) is 47.6. The van der Waals surface area contributed by atoms with Crippen LogP contribution in [0.3, 0.4) is 0 Å². The minimum absolute atomic E-state index is 0.0854. The number of carbonyl (C=O) groups is 2. The molecular formula is C50H84NO12P. The number of hydrogen-bond acceptors (Lipinski definition) is 12. The van der Waals surface area contributed by atoms with Crippen molar-refractivity contribution in [3.8, 4) is 0 Å². The predicted octanol–water partition coefficient (Wildman–Crippen LogP) is 9.18. The molecule has 3 N–H and O–H groups in total. The first-order valence-corrected chi connectivity index (χ1v) is 25.1. The van der Waals surface area contributed by atoms with Crippen molar-refractivity contribution in [3.05, 3.63) is 83.4 Å². The predicted molar refractivity (Wildman–Crippen MR) is 252 cm³/mol. The summed E-state index contributed by atoms with van der Waals surface area (Å²) in [4.78, 5) is 37.8. The molecule has 0 aromatic carbocycles. The van der Waals surface area contributed by atoms with Crippen LogP contribution in [0.1, 0.15) is 146 Å². The molecule has 0 saturated carbocycles. The summed E-state index contributed by atoms with van der Waals surface area (Å²) < 4.78 is 39.9. The molecule has 0 aliphatic heterocycles. The van der Waals surface area contributed by atoms with Crippen LogP contribution in [0.15, 0.2) is 65.2 Å². The number of furan rings is 1. The van der Waals surface area contributed by atoms with Gasteiger partial charge in [-0.05, 0) is 69.9 Å². The van der Waals surface area contributed by atoms with Crippen molar-refractivity contribution in [1.29, 1.82) is 0 Å². The zero-order valence-electron chi connectivity index (χ0n) is 40.3. The molecule has 0 bridgehead atoms. The van der Waals surface area contributed by atoms with Gasteiger partial charge in [0.05, 0.1) is 46.1 Å². The second kappa shape index (κ2) is 35.1. The van der Waals surface area contributed by atoms with Crippen molar-refractivity contribution in [1.82, 2.24) is 0 Å². The average Bonchev–Trinajstić information content (AvgIpc) is 3.50. The summed E-state index contributed by atoms with van der Waals surface area (Å²) >= 11 is 0. The quantitative estimate of drug-likeness (QED) is 0.0143. The third-order valence-corrected chi connectivity index (χ3v) is 11.6. The van der Waals surface area contributed by atoms with Gasteiger partial charge in [-0.1, -0.05) is 126 Å². The van der Waals surface area contributed by atoms with Gasteiger partial charge in [0.25, 0.3) is 7.82 Å². The Kier molecular flexibility index (Phi) is 32.3. The normalized spacial score (nSPS) is 15.5. The molecule has 1 heterocycles. The lowest BCUT2D eigenvalue weighted by Crippen LogP contribution is -2.37. The van der Waals surface area contributed by atoms with Crippen LogP contribution in [0.5, 0.6) is 0 Å². The number of unbranched alkanes of at least 4 members (excludes halogenated alkanes) is 9. The van der Waals surface area contributed by atoms with E-state index in [2.05, 4.69) is 20.8 Å². The summed E-state index contributed by atoms with van der Waals surface area (Å²) in [6.45, 7) is 7.89. The van der Waals surface area contributed by atoms with E-state index in [0.717, 1.165) is 75.7 Å². The van der Waals surface area contributed by atoms with Crippen molar-refractivity contribution >= 4 is 19.8 Å². The molecule has 0 amide bonds. The second-order valence-corrected chi connectivity index (χ2v) is 19.0. The number of allylic oxidation sites excluding steroid dienone is 7. The number of hydrogen-bond donors (Lipinski definition) is 3. The Labute approximate surface area is 385 Å². The highest BCUT2D eigenvalue weighted by Crippen LogP contribution is 2.38. The highest BCUT2D eigenvalue weighted by Gasteiger charge is 2.22. The van der Waals surface area contributed by atoms with Gasteiger partial charge in [-0.2, -0.15) is 0 Å². The summed E-state index contributed by atoms with van der Waals surface area (Å²) in [6.07, 6.45) is 28.8. The molecule has 64 heavy (non-hydrogen) atoms. The molecule has 0 aliphatic carbocycles. The Morgan fingerprint density at radius 1 is 0.719 bits per heavy atom. The van der Waals surface area contributed by atoms with Crippen molar-refractivity contribution in [3.63, 3.8) is 0 Å². The number of aryl methyl sites for hydroxylation is 2. The van der Waals surface area contributed by atoms with Gasteiger partial charge in [-0.25, -0.2) is 0 Å². The molecule has 0 spiro atoms. The standard InChI is InChI=1S/C50H84NO12P/c1-8-10-22-29-43(52)30-24-18-16-17-19-25-31-45(53)46(54)32-28-36-50(56)62-44(40-61-64(57,58)60-38-37-51(5,6)7)39-59-49(55)35-27-21-15-13-12-14-20-26-34-48-42(4)41(3)47(63-48)33-23-11-9-2/h10,16-19,22,24-25,30-31,43-46,52-54H,8-9,11-15,20-21,23,26-29,32-40H2,1-7H3/b18-16+,19-17-,22-10-,30-24+,31-25-/t43-,44+,45+,46+/m0/s1. The van der Waals surface area contributed by atoms with E-state index in [9.17, 15) is 34.4 Å². The van der Waals surface area contributed by atoms with E-state index in [1.807, 2.05) is 40.2 Å². The molecule has 1 unspecified atom stereocenters. The highest BCUT2D eigenvalue weighted by molar-refractivity contribution is 7.45. The monoisotopic (exact) mass is 922 g/mol. The van der Waals surface area contributed by atoms with Gasteiger partial charge >= 0.3 is 11.9 Å². The highest BCUT2D eigenvalue weighted by atomic mass is 31.2. The van der Waals surface area contributed by atoms with Crippen LogP contribution >= 0.6 is 7.82 Å². The molecular weight excluding hydrogens is 838 g/mol. The van der Waals surface area contributed by atoms with Crippen molar-refractivity contribution < 1.29 is 61.8 Å². The molecule has 366 valence electrons. The van der Waals surface area contributed by atoms with Crippen LogP contribution in [0.4, 0.5) is 0 Å². The molecule has 14 heteroatoms. The number of rotatable bonds is 38. The smallest absolute Gasteiger partial charge is 0.306 e.